The number of nitrogens with two attached hydrogens (primary N) is 1. The number of nitrogens with zero attached hydrogens (tertiary/aromatic N) is 2. The molecule has 4 N–H and O–H groups in total. The molecule has 1 aliphatic heterocycles. The van der Waals surface area contributed by atoms with Gasteiger partial charge in [-0.05, 0) is 65.9 Å². The summed E-state index contributed by atoms with van der Waals surface area (Å²) in [5, 5.41) is 6.12. The average molecular weight is 596 g/mol. The third kappa shape index (κ3) is 7.23. The van der Waals surface area contributed by atoms with Gasteiger partial charge in [-0.25, -0.2) is 4.99 Å². The first-order valence-electron chi connectivity index (χ1n) is 14.6. The van der Waals surface area contributed by atoms with Crippen molar-refractivity contribution in [2.75, 3.05) is 43.7 Å². The highest BCUT2D eigenvalue weighted by atomic mass is 16.5. The second-order valence-corrected chi connectivity index (χ2v) is 12.1. The van der Waals surface area contributed by atoms with Crippen molar-refractivity contribution in [2.24, 2.45) is 10.9 Å². The van der Waals surface area contributed by atoms with Crippen LogP contribution in [0, 0.1) is 12.8 Å². The zero-order valence-corrected chi connectivity index (χ0v) is 26.4. The molecular formula is C35H41N5O4. The fraction of sp³-hybridized carbons (Fsp3) is 0.314. The van der Waals surface area contributed by atoms with E-state index in [2.05, 4.69) is 36.4 Å². The Morgan fingerprint density at radius 3 is 2.41 bits per heavy atom. The molecule has 0 aromatic heterocycles. The van der Waals surface area contributed by atoms with Crippen molar-refractivity contribution in [3.8, 4) is 0 Å². The maximum Gasteiger partial charge on any atom is 0.255 e. The predicted octanol–water partition coefficient (Wildman–Crippen LogP) is 5.92. The number of allylic oxidation sites excluding steroid dienone is 1. The molecule has 1 heterocycles. The van der Waals surface area contributed by atoms with Gasteiger partial charge in [0.1, 0.15) is 0 Å². The maximum absolute atomic E-state index is 13.1. The lowest BCUT2D eigenvalue weighted by atomic mass is 9.86. The van der Waals surface area contributed by atoms with Crippen molar-refractivity contribution in [2.45, 2.75) is 40.0 Å². The minimum absolute atomic E-state index is 0.00337. The number of likely N-dealkylation sites (N-methyl/N-ethyl adjacent to an activating group) is 1. The first-order chi connectivity index (χ1) is 20.8. The number of methoxy groups -OCH3 is 1. The highest BCUT2D eigenvalue weighted by molar-refractivity contribution is 6.45. The number of Topliss-reactive ketones (excluding diaryl/α,β-unsaturated/α-hetero) is 1. The van der Waals surface area contributed by atoms with Gasteiger partial charge < -0.3 is 26.0 Å². The van der Waals surface area contributed by atoms with E-state index in [0.717, 1.165) is 16.7 Å². The summed E-state index contributed by atoms with van der Waals surface area (Å²) in [5.74, 6) is -0.870. The Morgan fingerprint density at radius 1 is 1.07 bits per heavy atom. The molecule has 1 aliphatic rings. The molecule has 3 aromatic rings. The first-order valence-corrected chi connectivity index (χ1v) is 14.6. The van der Waals surface area contributed by atoms with Crippen molar-refractivity contribution in [1.29, 1.82) is 0 Å². The van der Waals surface area contributed by atoms with Crippen LogP contribution in [0.1, 0.15) is 65.1 Å². The molecule has 44 heavy (non-hydrogen) atoms. The Morgan fingerprint density at radius 2 is 1.77 bits per heavy atom. The zero-order chi connectivity index (χ0) is 32.2. The molecule has 3 aromatic carbocycles. The summed E-state index contributed by atoms with van der Waals surface area (Å²) in [7, 11) is 3.26. The fourth-order valence-electron chi connectivity index (χ4n) is 4.85. The molecule has 0 radical (unpaired) electrons. The zero-order valence-electron chi connectivity index (χ0n) is 26.4. The number of hydrogen-bond acceptors (Lipinski definition) is 7. The number of nitrogens with one attached hydrogen (secondary N) is 2. The van der Waals surface area contributed by atoms with Gasteiger partial charge in [-0.2, -0.15) is 0 Å². The lowest BCUT2D eigenvalue weighted by Crippen LogP contribution is -2.31. The standard InChI is InChI=1S/C35H41N5O4/c1-21-19-30(26-9-8-10-29(22(26)2)39-33(42)23-11-13-24(14-12-23)35(3,4)5)38-32(31(21)41)37-25-15-16-27(28(36)20-25)34(43)40(6)17-18-44-7/h8-16,19-21H,17-18,36H2,1-7H3,(H,37,38)(H,39,42). The van der Waals surface area contributed by atoms with E-state index in [1.807, 2.05) is 62.4 Å². The number of amidine groups is 1. The number of aliphatic imine (C=N–C) groups is 1. The molecule has 0 saturated carbocycles. The van der Waals surface area contributed by atoms with Crippen LogP contribution >= 0.6 is 0 Å². The van der Waals surface area contributed by atoms with Crippen LogP contribution in [-0.4, -0.2) is 55.6 Å². The Labute approximate surface area is 259 Å². The highest BCUT2D eigenvalue weighted by Crippen LogP contribution is 2.31. The van der Waals surface area contributed by atoms with Gasteiger partial charge in [-0.1, -0.05) is 52.0 Å². The molecular weight excluding hydrogens is 554 g/mol. The lowest BCUT2D eigenvalue weighted by Gasteiger charge is -2.21. The van der Waals surface area contributed by atoms with Crippen molar-refractivity contribution >= 4 is 46.2 Å². The van der Waals surface area contributed by atoms with E-state index in [-0.39, 0.29) is 34.5 Å². The van der Waals surface area contributed by atoms with Crippen molar-refractivity contribution < 1.29 is 19.1 Å². The number of ketones is 1. The van der Waals surface area contributed by atoms with Crippen molar-refractivity contribution in [3.63, 3.8) is 0 Å². The van der Waals surface area contributed by atoms with Gasteiger partial charge in [0.25, 0.3) is 11.8 Å². The molecule has 0 fully saturated rings. The Bertz CT molecular complexity index is 1630. The quantitative estimate of drug-likeness (QED) is 0.278. The Hall–Kier alpha value is -4.76. The molecule has 0 saturated heterocycles. The van der Waals surface area contributed by atoms with Gasteiger partial charge in [0.2, 0.25) is 5.78 Å². The van der Waals surface area contributed by atoms with Gasteiger partial charge in [0, 0.05) is 54.8 Å². The Balaban J connectivity index is 1.55. The van der Waals surface area contributed by atoms with Gasteiger partial charge in [0.05, 0.1) is 17.9 Å². The minimum atomic E-state index is -0.434. The summed E-state index contributed by atoms with van der Waals surface area (Å²) in [6, 6.07) is 18.2. The van der Waals surface area contributed by atoms with Crippen LogP contribution < -0.4 is 16.4 Å². The number of hydrogen-bond donors (Lipinski definition) is 3. The normalized spacial score (nSPS) is 14.9. The van der Waals surface area contributed by atoms with E-state index in [0.29, 0.717) is 41.4 Å². The summed E-state index contributed by atoms with van der Waals surface area (Å²) in [6.07, 6.45) is 1.82. The van der Waals surface area contributed by atoms with E-state index in [1.54, 1.807) is 32.4 Å². The molecule has 230 valence electrons. The van der Waals surface area contributed by atoms with Crippen LogP contribution in [0.15, 0.2) is 71.7 Å². The monoisotopic (exact) mass is 595 g/mol. The van der Waals surface area contributed by atoms with E-state index < -0.39 is 5.92 Å². The molecule has 0 spiro atoms. The Kier molecular flexibility index (Phi) is 9.69. The van der Waals surface area contributed by atoms with E-state index in [9.17, 15) is 14.4 Å². The summed E-state index contributed by atoms with van der Waals surface area (Å²) in [5.41, 5.74) is 12.0. The first kappa shape index (κ1) is 32.2. The molecule has 4 rings (SSSR count). The largest absolute Gasteiger partial charge is 0.398 e. The van der Waals surface area contributed by atoms with Gasteiger partial charge >= 0.3 is 0 Å². The summed E-state index contributed by atoms with van der Waals surface area (Å²) < 4.78 is 5.05. The maximum atomic E-state index is 13.1. The van der Waals surface area contributed by atoms with Crippen LogP contribution in [0.25, 0.3) is 5.70 Å². The SMILES string of the molecule is COCCN(C)C(=O)c1ccc(NC2=NC(c3cccc(NC(=O)c4ccc(C(C)(C)C)cc4)c3C)=CC(C)C2=O)cc1N. The van der Waals surface area contributed by atoms with Crippen LogP contribution in [-0.2, 0) is 14.9 Å². The van der Waals surface area contributed by atoms with Crippen molar-refractivity contribution in [3.05, 3.63) is 94.6 Å². The second-order valence-electron chi connectivity index (χ2n) is 12.1. The van der Waals surface area contributed by atoms with Crippen LogP contribution in [0.5, 0.6) is 0 Å². The van der Waals surface area contributed by atoms with Crippen molar-refractivity contribution in [1.82, 2.24) is 4.90 Å². The van der Waals surface area contributed by atoms with Gasteiger partial charge in [-0.3, -0.25) is 14.4 Å². The molecule has 1 atom stereocenters. The predicted molar refractivity (Wildman–Crippen MR) is 177 cm³/mol. The summed E-state index contributed by atoms with van der Waals surface area (Å²) >= 11 is 0. The highest BCUT2D eigenvalue weighted by Gasteiger charge is 2.26. The number of anilines is 3. The number of carbonyl (C=O) groups excluding carboxylic acids is 3. The van der Waals surface area contributed by atoms with E-state index in [4.69, 9.17) is 10.5 Å². The third-order valence-corrected chi connectivity index (χ3v) is 7.68. The van der Waals surface area contributed by atoms with Crippen LogP contribution in [0.2, 0.25) is 0 Å². The second kappa shape index (κ2) is 13.3. The minimum Gasteiger partial charge on any atom is -0.398 e. The third-order valence-electron chi connectivity index (χ3n) is 7.68. The molecule has 0 bridgehead atoms. The number of amides is 2. The van der Waals surface area contributed by atoms with Gasteiger partial charge in [-0.15, -0.1) is 0 Å². The molecule has 1 unspecified atom stereocenters. The fourth-order valence-corrected chi connectivity index (χ4v) is 4.85. The van der Waals surface area contributed by atoms with Crippen LogP contribution in [0.3, 0.4) is 0 Å². The molecule has 2 amide bonds. The van der Waals surface area contributed by atoms with Gasteiger partial charge in [0.15, 0.2) is 5.84 Å². The number of ether oxygens (including phenoxy) is 1. The number of nitrogen functional groups attached to an aromatic ring is 1. The molecule has 0 aliphatic carbocycles. The summed E-state index contributed by atoms with van der Waals surface area (Å²) in [6.45, 7) is 11.0. The summed E-state index contributed by atoms with van der Waals surface area (Å²) in [4.78, 5) is 45.2. The van der Waals surface area contributed by atoms with Crippen LogP contribution in [0.4, 0.5) is 17.1 Å². The number of benzene rings is 3. The average Bonchev–Trinajstić information content (AvgIpc) is 2.98. The number of rotatable bonds is 8. The smallest absolute Gasteiger partial charge is 0.255 e. The lowest BCUT2D eigenvalue weighted by molar-refractivity contribution is -0.114. The van der Waals surface area contributed by atoms with E-state index >= 15 is 0 Å². The topological polar surface area (TPSA) is 126 Å². The molecule has 9 heteroatoms. The number of carbonyl (C=O) groups is 3. The molecule has 9 nitrogen and oxygen atoms in total. The van der Waals surface area contributed by atoms with E-state index in [1.165, 1.54) is 4.90 Å².